The van der Waals surface area contributed by atoms with Gasteiger partial charge in [0.05, 0.1) is 17.4 Å². The number of benzene rings is 2. The van der Waals surface area contributed by atoms with Gasteiger partial charge in [-0.05, 0) is 49.2 Å². The van der Waals surface area contributed by atoms with Gasteiger partial charge in [0.1, 0.15) is 0 Å². The van der Waals surface area contributed by atoms with E-state index in [-0.39, 0.29) is 0 Å². The van der Waals surface area contributed by atoms with Crippen LogP contribution >= 0.6 is 0 Å². The van der Waals surface area contributed by atoms with E-state index in [2.05, 4.69) is 53.6 Å². The fourth-order valence-electron chi connectivity index (χ4n) is 2.29. The van der Waals surface area contributed by atoms with Crippen molar-refractivity contribution in [1.82, 2.24) is 4.98 Å². The maximum atomic E-state index is 4.31. The van der Waals surface area contributed by atoms with E-state index in [4.69, 9.17) is 0 Å². The minimum atomic E-state index is 0.997. The van der Waals surface area contributed by atoms with Gasteiger partial charge >= 0.3 is 0 Å². The first kappa shape index (κ1) is 13.3. The molecule has 0 spiro atoms. The third kappa shape index (κ3) is 3.08. The van der Waals surface area contributed by atoms with Crippen molar-refractivity contribution < 1.29 is 0 Å². The van der Waals surface area contributed by atoms with Gasteiger partial charge in [0, 0.05) is 11.6 Å². The summed E-state index contributed by atoms with van der Waals surface area (Å²) in [5.74, 6) is 0. The summed E-state index contributed by atoms with van der Waals surface area (Å²) >= 11 is 0. The second-order valence-electron chi connectivity index (χ2n) is 5.14. The number of hydrogen-bond donors (Lipinski definition) is 1. The van der Waals surface area contributed by atoms with E-state index in [0.29, 0.717) is 0 Å². The summed E-state index contributed by atoms with van der Waals surface area (Å²) in [4.78, 5) is 4.31. The Morgan fingerprint density at radius 2 is 1.95 bits per heavy atom. The maximum absolute atomic E-state index is 4.31. The molecule has 2 aromatic carbocycles. The molecule has 0 bridgehead atoms. The summed E-state index contributed by atoms with van der Waals surface area (Å²) in [6, 6.07) is 16.4. The molecule has 0 saturated carbocycles. The molecule has 0 atom stereocenters. The average Bonchev–Trinajstić information content (AvgIpc) is 2.49. The molecule has 0 saturated heterocycles. The van der Waals surface area contributed by atoms with Gasteiger partial charge in [0.25, 0.3) is 0 Å². The van der Waals surface area contributed by atoms with E-state index in [1.54, 1.807) is 6.20 Å². The van der Waals surface area contributed by atoms with Crippen LogP contribution in [0.25, 0.3) is 10.9 Å². The number of aromatic nitrogens is 1. The quantitative estimate of drug-likeness (QED) is 0.571. The van der Waals surface area contributed by atoms with Crippen LogP contribution in [0.1, 0.15) is 16.7 Å². The molecule has 1 aromatic heterocycles. The summed E-state index contributed by atoms with van der Waals surface area (Å²) in [7, 11) is 0. The van der Waals surface area contributed by atoms with E-state index in [1.807, 2.05) is 30.5 Å². The van der Waals surface area contributed by atoms with Gasteiger partial charge in [0.2, 0.25) is 0 Å². The highest BCUT2D eigenvalue weighted by atomic mass is 15.3. The monoisotopic (exact) mass is 275 g/mol. The van der Waals surface area contributed by atoms with Crippen molar-refractivity contribution in [3.8, 4) is 0 Å². The van der Waals surface area contributed by atoms with Gasteiger partial charge < -0.3 is 0 Å². The van der Waals surface area contributed by atoms with Gasteiger partial charge in [-0.15, -0.1) is 0 Å². The zero-order valence-corrected chi connectivity index (χ0v) is 12.2. The van der Waals surface area contributed by atoms with Crippen molar-refractivity contribution in [1.29, 1.82) is 0 Å². The molecule has 3 heteroatoms. The Labute approximate surface area is 124 Å². The molecule has 0 aliphatic carbocycles. The molecule has 0 aliphatic rings. The lowest BCUT2D eigenvalue weighted by atomic mass is 10.1. The Bertz CT molecular complexity index is 806. The van der Waals surface area contributed by atoms with Crippen LogP contribution in [-0.4, -0.2) is 11.2 Å². The van der Waals surface area contributed by atoms with Crippen LogP contribution < -0.4 is 5.43 Å². The lowest BCUT2D eigenvalue weighted by molar-refractivity contribution is 1.29. The molecular formula is C18H17N3. The first-order valence-electron chi connectivity index (χ1n) is 6.93. The van der Waals surface area contributed by atoms with Crippen molar-refractivity contribution in [2.75, 3.05) is 5.43 Å². The first-order valence-corrected chi connectivity index (χ1v) is 6.93. The largest absolute Gasteiger partial charge is 0.278 e. The third-order valence-electron chi connectivity index (χ3n) is 3.41. The lowest BCUT2D eigenvalue weighted by Crippen LogP contribution is -1.93. The SMILES string of the molecule is Cc1ccc(NN=Cc2ccc3ncccc3c2)c(C)c1. The molecule has 3 nitrogen and oxygen atoms in total. The predicted octanol–water partition coefficient (Wildman–Crippen LogP) is 4.30. The molecule has 0 radical (unpaired) electrons. The smallest absolute Gasteiger partial charge is 0.0702 e. The Morgan fingerprint density at radius 3 is 2.81 bits per heavy atom. The van der Waals surface area contributed by atoms with Crippen LogP contribution in [0.15, 0.2) is 59.8 Å². The fraction of sp³-hybridized carbons (Fsp3) is 0.111. The molecule has 104 valence electrons. The second kappa shape index (κ2) is 5.75. The van der Waals surface area contributed by atoms with Gasteiger partial charge in [-0.2, -0.15) is 5.10 Å². The molecule has 0 fully saturated rings. The summed E-state index contributed by atoms with van der Waals surface area (Å²) in [5, 5.41) is 5.43. The number of hydrogen-bond acceptors (Lipinski definition) is 3. The summed E-state index contributed by atoms with van der Waals surface area (Å²) in [6.07, 6.45) is 3.63. The molecule has 3 aromatic rings. The van der Waals surface area contributed by atoms with Gasteiger partial charge in [-0.3, -0.25) is 10.4 Å². The van der Waals surface area contributed by atoms with Crippen LogP contribution in [0.4, 0.5) is 5.69 Å². The number of nitrogens with one attached hydrogen (secondary N) is 1. The highest BCUT2D eigenvalue weighted by Gasteiger charge is 1.97. The van der Waals surface area contributed by atoms with Crippen LogP contribution in [0.3, 0.4) is 0 Å². The van der Waals surface area contributed by atoms with Crippen LogP contribution in [0.5, 0.6) is 0 Å². The van der Waals surface area contributed by atoms with E-state index >= 15 is 0 Å². The summed E-state index contributed by atoms with van der Waals surface area (Å²) < 4.78 is 0. The highest BCUT2D eigenvalue weighted by Crippen LogP contribution is 2.16. The van der Waals surface area contributed by atoms with E-state index < -0.39 is 0 Å². The lowest BCUT2D eigenvalue weighted by Gasteiger charge is -2.05. The maximum Gasteiger partial charge on any atom is 0.0702 e. The van der Waals surface area contributed by atoms with Gasteiger partial charge in [-0.25, -0.2) is 0 Å². The second-order valence-corrected chi connectivity index (χ2v) is 5.14. The Morgan fingerprint density at radius 1 is 1.05 bits per heavy atom. The Balaban J connectivity index is 1.78. The molecule has 0 amide bonds. The number of anilines is 1. The van der Waals surface area contributed by atoms with Crippen LogP contribution in [0.2, 0.25) is 0 Å². The summed E-state index contributed by atoms with van der Waals surface area (Å²) in [5.41, 5.74) is 8.61. The normalized spacial score (nSPS) is 11.1. The van der Waals surface area contributed by atoms with Gasteiger partial charge in [-0.1, -0.05) is 29.8 Å². The van der Waals surface area contributed by atoms with Crippen molar-refractivity contribution in [3.63, 3.8) is 0 Å². The van der Waals surface area contributed by atoms with Crippen molar-refractivity contribution in [2.24, 2.45) is 5.10 Å². The van der Waals surface area contributed by atoms with Crippen molar-refractivity contribution in [3.05, 3.63) is 71.4 Å². The first-order chi connectivity index (χ1) is 10.2. The van der Waals surface area contributed by atoms with Crippen molar-refractivity contribution in [2.45, 2.75) is 13.8 Å². The fourth-order valence-corrected chi connectivity index (χ4v) is 2.29. The number of fused-ring (bicyclic) bond motifs is 1. The zero-order valence-electron chi connectivity index (χ0n) is 12.2. The molecule has 0 unspecified atom stereocenters. The average molecular weight is 275 g/mol. The van der Waals surface area contributed by atoms with E-state index in [9.17, 15) is 0 Å². The molecule has 21 heavy (non-hydrogen) atoms. The summed E-state index contributed by atoms with van der Waals surface area (Å²) in [6.45, 7) is 4.16. The number of aryl methyl sites for hydroxylation is 2. The molecular weight excluding hydrogens is 258 g/mol. The third-order valence-corrected chi connectivity index (χ3v) is 3.41. The van der Waals surface area contributed by atoms with Crippen LogP contribution in [-0.2, 0) is 0 Å². The minimum Gasteiger partial charge on any atom is -0.278 e. The Hall–Kier alpha value is -2.68. The van der Waals surface area contributed by atoms with E-state index in [1.165, 1.54) is 11.1 Å². The number of pyridine rings is 1. The standard InChI is InChI=1S/C18H17N3/c1-13-5-7-17(14(2)10-13)21-20-12-15-6-8-18-16(11-15)4-3-9-19-18/h3-12,21H,1-2H3. The van der Waals surface area contributed by atoms with Crippen LogP contribution in [0, 0.1) is 13.8 Å². The Kier molecular flexibility index (Phi) is 3.65. The highest BCUT2D eigenvalue weighted by molar-refractivity contribution is 5.88. The zero-order chi connectivity index (χ0) is 14.7. The van der Waals surface area contributed by atoms with E-state index in [0.717, 1.165) is 22.2 Å². The minimum absolute atomic E-state index is 0.997. The molecule has 1 N–H and O–H groups in total. The topological polar surface area (TPSA) is 37.3 Å². The number of nitrogens with zero attached hydrogens (tertiary/aromatic N) is 2. The van der Waals surface area contributed by atoms with Crippen molar-refractivity contribution >= 4 is 22.8 Å². The predicted molar refractivity (Wildman–Crippen MR) is 88.9 cm³/mol. The number of hydrazone groups is 1. The molecule has 3 rings (SSSR count). The van der Waals surface area contributed by atoms with Gasteiger partial charge in [0.15, 0.2) is 0 Å². The molecule has 1 heterocycles. The molecule has 0 aliphatic heterocycles. The number of rotatable bonds is 3.